The van der Waals surface area contributed by atoms with E-state index >= 15 is 0 Å². The maximum Gasteiger partial charge on any atom is 0.321 e. The maximum atomic E-state index is 13.3. The van der Waals surface area contributed by atoms with Crippen molar-refractivity contribution in [1.82, 2.24) is 10.3 Å². The Hall–Kier alpha value is -1.99. The van der Waals surface area contributed by atoms with Crippen LogP contribution in [-0.2, 0) is 4.74 Å². The first-order chi connectivity index (χ1) is 11.0. The summed E-state index contributed by atoms with van der Waals surface area (Å²) in [5.74, 6) is -0.310. The summed E-state index contributed by atoms with van der Waals surface area (Å²) in [5, 5.41) is 8.00. The Morgan fingerprint density at radius 1 is 1.39 bits per heavy atom. The molecular formula is C16H18FN3O2S. The number of rotatable bonds is 3. The fraction of sp³-hybridized carbons (Fsp3) is 0.375. The molecule has 0 aliphatic carbocycles. The number of nitrogens with zero attached hydrogens (tertiary/aromatic N) is 1. The molecule has 0 unspecified atom stereocenters. The van der Waals surface area contributed by atoms with Crippen LogP contribution in [0.25, 0.3) is 11.3 Å². The molecule has 122 valence electrons. The predicted molar refractivity (Wildman–Crippen MR) is 88.1 cm³/mol. The van der Waals surface area contributed by atoms with Crippen molar-refractivity contribution in [1.29, 1.82) is 0 Å². The van der Waals surface area contributed by atoms with Crippen LogP contribution in [0.1, 0.15) is 19.8 Å². The number of carbonyl (C=O) groups excluding carboxylic acids is 1. The van der Waals surface area contributed by atoms with Gasteiger partial charge in [-0.2, -0.15) is 0 Å². The minimum absolute atomic E-state index is 0.259. The second kappa shape index (κ2) is 6.64. The molecule has 1 aliphatic heterocycles. The highest BCUT2D eigenvalue weighted by atomic mass is 32.1. The molecule has 1 aromatic carbocycles. The molecule has 2 N–H and O–H groups in total. The van der Waals surface area contributed by atoms with E-state index in [-0.39, 0.29) is 17.4 Å². The molecular weight excluding hydrogens is 317 g/mol. The van der Waals surface area contributed by atoms with E-state index in [2.05, 4.69) is 15.6 Å². The molecule has 3 rings (SSSR count). The molecule has 2 aromatic rings. The third-order valence-corrected chi connectivity index (χ3v) is 4.61. The van der Waals surface area contributed by atoms with Crippen LogP contribution >= 0.6 is 11.3 Å². The lowest BCUT2D eigenvalue weighted by Gasteiger charge is -2.34. The number of thiazole rings is 1. The van der Waals surface area contributed by atoms with Crippen molar-refractivity contribution in [2.45, 2.75) is 25.3 Å². The lowest BCUT2D eigenvalue weighted by molar-refractivity contribution is 0.0500. The number of hydrogen-bond acceptors (Lipinski definition) is 4. The number of aromatic nitrogens is 1. The van der Waals surface area contributed by atoms with Gasteiger partial charge in [-0.05, 0) is 31.9 Å². The number of anilines is 1. The van der Waals surface area contributed by atoms with Crippen LogP contribution in [0.4, 0.5) is 14.3 Å². The zero-order valence-electron chi connectivity index (χ0n) is 12.8. The standard InChI is InChI=1S/C16H18FN3O2S/c1-16(5-7-22-8-6-16)20-14(21)19-15-18-13(10-23-15)11-3-2-4-12(17)9-11/h2-4,9-10H,5-8H2,1H3,(H2,18,19,20,21). The van der Waals surface area contributed by atoms with E-state index in [4.69, 9.17) is 4.74 Å². The van der Waals surface area contributed by atoms with E-state index in [0.29, 0.717) is 29.6 Å². The summed E-state index contributed by atoms with van der Waals surface area (Å²) < 4.78 is 18.6. The molecule has 0 spiro atoms. The minimum Gasteiger partial charge on any atom is -0.381 e. The highest BCUT2D eigenvalue weighted by Gasteiger charge is 2.29. The number of hydrogen-bond donors (Lipinski definition) is 2. The quantitative estimate of drug-likeness (QED) is 0.900. The number of urea groups is 1. The van der Waals surface area contributed by atoms with Crippen molar-refractivity contribution in [3.8, 4) is 11.3 Å². The molecule has 1 saturated heterocycles. The van der Waals surface area contributed by atoms with Crippen LogP contribution in [0.3, 0.4) is 0 Å². The summed E-state index contributed by atoms with van der Waals surface area (Å²) in [6.45, 7) is 3.31. The largest absolute Gasteiger partial charge is 0.381 e. The van der Waals surface area contributed by atoms with Crippen molar-refractivity contribution in [3.05, 3.63) is 35.5 Å². The van der Waals surface area contributed by atoms with Gasteiger partial charge in [0.2, 0.25) is 0 Å². The third kappa shape index (κ3) is 4.05. The molecule has 23 heavy (non-hydrogen) atoms. The third-order valence-electron chi connectivity index (χ3n) is 3.86. The molecule has 1 aromatic heterocycles. The van der Waals surface area contributed by atoms with Crippen LogP contribution < -0.4 is 10.6 Å². The second-order valence-corrected chi connectivity index (χ2v) is 6.66. The highest BCUT2D eigenvalue weighted by molar-refractivity contribution is 7.14. The van der Waals surface area contributed by atoms with Crippen LogP contribution in [0.2, 0.25) is 0 Å². The van der Waals surface area contributed by atoms with Crippen LogP contribution in [0.15, 0.2) is 29.6 Å². The second-order valence-electron chi connectivity index (χ2n) is 5.80. The summed E-state index contributed by atoms with van der Waals surface area (Å²) in [7, 11) is 0. The van der Waals surface area contributed by atoms with E-state index in [0.717, 1.165) is 12.8 Å². The van der Waals surface area contributed by atoms with Gasteiger partial charge >= 0.3 is 6.03 Å². The smallest absolute Gasteiger partial charge is 0.321 e. The summed E-state index contributed by atoms with van der Waals surface area (Å²) in [6.07, 6.45) is 1.57. The van der Waals surface area contributed by atoms with Crippen LogP contribution in [0.5, 0.6) is 0 Å². The Labute approximate surface area is 137 Å². The Morgan fingerprint density at radius 3 is 2.91 bits per heavy atom. The van der Waals surface area contributed by atoms with Gasteiger partial charge < -0.3 is 10.1 Å². The Morgan fingerprint density at radius 2 is 2.17 bits per heavy atom. The number of halogens is 1. The van der Waals surface area contributed by atoms with Crippen molar-refractivity contribution in [2.24, 2.45) is 0 Å². The summed E-state index contributed by atoms with van der Waals surface area (Å²) in [4.78, 5) is 16.5. The molecule has 1 fully saturated rings. The van der Waals surface area contributed by atoms with Crippen LogP contribution in [-0.4, -0.2) is 29.8 Å². The van der Waals surface area contributed by atoms with Gasteiger partial charge in [-0.15, -0.1) is 11.3 Å². The normalized spacial score (nSPS) is 16.8. The maximum absolute atomic E-state index is 13.3. The van der Waals surface area contributed by atoms with Crippen molar-refractivity contribution < 1.29 is 13.9 Å². The Bertz CT molecular complexity index is 698. The highest BCUT2D eigenvalue weighted by Crippen LogP contribution is 2.26. The summed E-state index contributed by atoms with van der Waals surface area (Å²) in [6, 6.07) is 5.94. The summed E-state index contributed by atoms with van der Waals surface area (Å²) in [5.41, 5.74) is 1.07. The average Bonchev–Trinajstić information content (AvgIpc) is 2.95. The van der Waals surface area contributed by atoms with E-state index in [1.165, 1.54) is 23.5 Å². The van der Waals surface area contributed by atoms with Gasteiger partial charge in [0.25, 0.3) is 0 Å². The number of benzene rings is 1. The predicted octanol–water partition coefficient (Wildman–Crippen LogP) is 3.64. The number of ether oxygens (including phenoxy) is 1. The van der Waals surface area contributed by atoms with E-state index in [9.17, 15) is 9.18 Å². The average molecular weight is 335 g/mol. The first-order valence-corrected chi connectivity index (χ1v) is 8.30. The summed E-state index contributed by atoms with van der Waals surface area (Å²) >= 11 is 1.31. The molecule has 0 atom stereocenters. The lowest BCUT2D eigenvalue weighted by Crippen LogP contribution is -2.51. The zero-order valence-corrected chi connectivity index (χ0v) is 13.6. The van der Waals surface area contributed by atoms with Gasteiger partial charge in [0.15, 0.2) is 5.13 Å². The molecule has 0 saturated carbocycles. The number of amides is 2. The van der Waals surface area contributed by atoms with Gasteiger partial charge in [-0.3, -0.25) is 5.32 Å². The van der Waals surface area contributed by atoms with E-state index in [1.54, 1.807) is 17.5 Å². The van der Waals surface area contributed by atoms with Gasteiger partial charge in [-0.25, -0.2) is 14.2 Å². The van der Waals surface area contributed by atoms with Crippen molar-refractivity contribution >= 4 is 22.5 Å². The first-order valence-electron chi connectivity index (χ1n) is 7.42. The van der Waals surface area contributed by atoms with Gasteiger partial charge in [-0.1, -0.05) is 12.1 Å². The van der Waals surface area contributed by atoms with Crippen molar-refractivity contribution in [3.63, 3.8) is 0 Å². The first kappa shape index (κ1) is 15.9. The van der Waals surface area contributed by atoms with E-state index < -0.39 is 0 Å². The Kier molecular flexibility index (Phi) is 4.58. The molecule has 1 aliphatic rings. The topological polar surface area (TPSA) is 63.2 Å². The van der Waals surface area contributed by atoms with Gasteiger partial charge in [0.1, 0.15) is 5.82 Å². The molecule has 7 heteroatoms. The fourth-order valence-corrected chi connectivity index (χ4v) is 3.18. The fourth-order valence-electron chi connectivity index (χ4n) is 2.46. The lowest BCUT2D eigenvalue weighted by atomic mass is 9.93. The molecule has 2 amide bonds. The SMILES string of the molecule is CC1(NC(=O)Nc2nc(-c3cccc(F)c3)cs2)CCOCC1. The van der Waals surface area contributed by atoms with Gasteiger partial charge in [0, 0.05) is 29.7 Å². The van der Waals surface area contributed by atoms with Gasteiger partial charge in [0.05, 0.1) is 5.69 Å². The van der Waals surface area contributed by atoms with E-state index in [1.807, 2.05) is 6.92 Å². The molecule has 2 heterocycles. The monoisotopic (exact) mass is 335 g/mol. The minimum atomic E-state index is -0.310. The Balaban J connectivity index is 1.63. The number of carbonyl (C=O) groups is 1. The zero-order chi connectivity index (χ0) is 16.3. The molecule has 0 radical (unpaired) electrons. The molecule has 5 nitrogen and oxygen atoms in total. The van der Waals surface area contributed by atoms with Crippen molar-refractivity contribution in [2.75, 3.05) is 18.5 Å². The van der Waals surface area contributed by atoms with Crippen LogP contribution in [0, 0.1) is 5.82 Å². The number of nitrogens with one attached hydrogen (secondary N) is 2. The molecule has 0 bridgehead atoms.